The third-order valence-electron chi connectivity index (χ3n) is 3.56. The van der Waals surface area contributed by atoms with Gasteiger partial charge in [0.15, 0.2) is 0 Å². The minimum atomic E-state index is -1.20. The summed E-state index contributed by atoms with van der Waals surface area (Å²) in [6.07, 6.45) is 0.908. The summed E-state index contributed by atoms with van der Waals surface area (Å²) < 4.78 is 0. The Morgan fingerprint density at radius 2 is 0.771 bits per heavy atom. The first-order chi connectivity index (χ1) is 14.9. The van der Waals surface area contributed by atoms with Crippen LogP contribution in [0.3, 0.4) is 0 Å². The molecule has 0 saturated carbocycles. The van der Waals surface area contributed by atoms with Gasteiger partial charge in [-0.15, -0.1) is 0 Å². The van der Waals surface area contributed by atoms with Gasteiger partial charge in [-0.1, -0.05) is 29.0 Å². The summed E-state index contributed by atoms with van der Waals surface area (Å²) in [7, 11) is -1.87. The summed E-state index contributed by atoms with van der Waals surface area (Å²) in [5.74, 6) is -4.82. The molecule has 0 aromatic carbocycles. The van der Waals surface area contributed by atoms with E-state index in [4.69, 9.17) is 0 Å². The van der Waals surface area contributed by atoms with E-state index in [1.807, 2.05) is 0 Å². The molecule has 0 amide bonds. The number of carbonyl (C=O) groups is 4. The molecule has 0 atom stereocenters. The van der Waals surface area contributed by atoms with E-state index in [1.165, 1.54) is 0 Å². The fourth-order valence-corrected chi connectivity index (χ4v) is 6.27. The Morgan fingerprint density at radius 3 is 0.914 bits per heavy atom. The Bertz CT molecular complexity index is 551. The summed E-state index contributed by atoms with van der Waals surface area (Å²) in [6.45, 7) is 6.65. The van der Waals surface area contributed by atoms with Crippen LogP contribution in [0.25, 0.3) is 0 Å². The molecule has 0 saturated heterocycles. The molecule has 0 aliphatic heterocycles. The summed E-state index contributed by atoms with van der Waals surface area (Å²) in [4.78, 5) is 48.3. The Labute approximate surface area is 204 Å². The lowest BCUT2D eigenvalue weighted by Gasteiger charge is -2.21. The number of carboxylic acids is 4. The fourth-order valence-electron chi connectivity index (χ4n) is 2.09. The monoisotopic (exact) mass is 549 g/mol. The molecule has 0 radical (unpaired) electrons. The van der Waals surface area contributed by atoms with Gasteiger partial charge in [-0.05, 0) is 50.3 Å². The van der Waals surface area contributed by atoms with Crippen LogP contribution < -0.4 is 30.9 Å². The lowest BCUT2D eigenvalue weighted by Crippen LogP contribution is -2.25. The molecule has 0 aliphatic rings. The highest BCUT2D eigenvalue weighted by atomic mass is 31.1. The number of carboxylic acid groups (broad SMARTS) is 4. The molecule has 0 rings (SSSR count). The molecule has 208 valence electrons. The van der Waals surface area contributed by atoms with Crippen LogP contribution in [0.5, 0.6) is 0 Å². The highest BCUT2D eigenvalue weighted by molar-refractivity contribution is 7.58. The summed E-state index contributed by atoms with van der Waals surface area (Å²) in [5.41, 5.74) is 0. The van der Waals surface area contributed by atoms with Crippen molar-refractivity contribution in [3.05, 3.63) is 24.7 Å². The molecule has 0 bridgehead atoms. The predicted octanol–water partition coefficient (Wildman–Crippen LogP) is -7.46. The van der Waals surface area contributed by atoms with Crippen LogP contribution in [-0.4, -0.2) is 71.8 Å². The molecule has 0 fully saturated rings. The zero-order valence-corrected chi connectivity index (χ0v) is 20.6. The molecule has 0 aromatic rings. The lowest BCUT2D eigenvalue weighted by atomic mass is 10.5. The number of aliphatic carboxylic acids is 4. The fraction of sp³-hybridized carbons (Fsp3) is 0.556. The van der Waals surface area contributed by atoms with E-state index in [-0.39, 0.29) is 90.6 Å². The summed E-state index contributed by atoms with van der Waals surface area (Å²) in [6, 6.07) is 0. The third kappa shape index (κ3) is 31.6. The van der Waals surface area contributed by atoms with Crippen LogP contribution in [0.15, 0.2) is 24.7 Å². The third-order valence-corrected chi connectivity index (χ3v) is 8.59. The van der Waals surface area contributed by atoms with E-state index in [9.17, 15) is 50.1 Å². The van der Waals surface area contributed by atoms with E-state index in [0.29, 0.717) is 0 Å². The first-order valence-electron chi connectivity index (χ1n) is 9.10. The van der Waals surface area contributed by atoms with Gasteiger partial charge in [0.1, 0.15) is 0 Å². The molecule has 0 aromatic heterocycles. The zero-order valence-electron chi connectivity index (χ0n) is 18.9. The van der Waals surface area contributed by atoms with E-state index < -0.39 is 39.7 Å². The molecule has 15 nitrogen and oxygen atoms in total. The van der Waals surface area contributed by atoms with Gasteiger partial charge < -0.3 is 76.3 Å². The summed E-state index contributed by atoms with van der Waals surface area (Å²) in [5, 5.41) is 61.0. The zero-order chi connectivity index (χ0) is 25.1. The molecule has 17 heteroatoms. The second-order valence-corrected chi connectivity index (χ2v) is 11.4. The number of hydrogen-bond acceptors (Lipinski definition) is 12. The van der Waals surface area contributed by atoms with Crippen molar-refractivity contribution in [1.29, 1.82) is 0 Å². The Hall–Kier alpha value is -2.38. The van der Waals surface area contributed by atoms with E-state index in [0.717, 1.165) is 0 Å². The van der Waals surface area contributed by atoms with Crippen molar-refractivity contribution in [2.24, 2.45) is 0 Å². The van der Waals surface area contributed by atoms with Crippen molar-refractivity contribution < 1.29 is 76.3 Å². The van der Waals surface area contributed by atoms with Gasteiger partial charge in [-0.2, -0.15) is 0 Å². The van der Waals surface area contributed by atoms with E-state index in [1.54, 1.807) is 0 Å². The van der Waals surface area contributed by atoms with Gasteiger partial charge in [0.2, 0.25) is 0 Å². The average Bonchev–Trinajstić information content (AvgIpc) is 2.71. The Kier molecular flexibility index (Phi) is 32.0. The highest BCUT2D eigenvalue weighted by Crippen LogP contribution is 2.39. The smallest absolute Gasteiger partial charge is 0.0841 e. The highest BCUT2D eigenvalue weighted by Gasteiger charge is 2.10. The van der Waals surface area contributed by atoms with E-state index in [2.05, 4.69) is 22.9 Å². The maximum absolute atomic E-state index is 10.3. The van der Waals surface area contributed by atoms with Crippen molar-refractivity contribution in [2.75, 3.05) is 37.0 Å². The van der Waals surface area contributed by atoms with Gasteiger partial charge in [-0.25, -0.2) is 0 Å². The van der Waals surface area contributed by atoms with Crippen LogP contribution in [0, 0.1) is 0 Å². The largest absolute Gasteiger partial charge is 0.664 e. The molecular weight excluding hydrogens is 518 g/mol. The van der Waals surface area contributed by atoms with Gasteiger partial charge in [0.25, 0.3) is 0 Å². The van der Waals surface area contributed by atoms with Gasteiger partial charge in [0, 0.05) is 36.2 Å². The van der Waals surface area contributed by atoms with Crippen molar-refractivity contribution in [3.63, 3.8) is 0 Å². The maximum atomic E-state index is 10.3. The quantitative estimate of drug-likeness (QED) is 0.0506. The Balaban J connectivity index is -0.000000158. The van der Waals surface area contributed by atoms with Crippen LogP contribution in [0.1, 0.15) is 25.7 Å². The molecule has 35 heavy (non-hydrogen) atoms. The van der Waals surface area contributed by atoms with Gasteiger partial charge >= 0.3 is 0 Å². The second kappa shape index (κ2) is 26.2. The minimum absolute atomic E-state index is 0. The van der Waals surface area contributed by atoms with Crippen LogP contribution in [0.4, 0.5) is 0 Å². The van der Waals surface area contributed by atoms with Crippen LogP contribution in [0.2, 0.25) is 0 Å². The first-order valence-corrected chi connectivity index (χ1v) is 12.9. The van der Waals surface area contributed by atoms with Crippen LogP contribution in [-0.2, 0) is 34.4 Å². The number of allylic oxidation sites excluding steroid dienone is 2. The van der Waals surface area contributed by atoms with Crippen LogP contribution >= 0.6 is 15.8 Å². The maximum Gasteiger partial charge on any atom is 0.0841 e. The lowest BCUT2D eigenvalue weighted by molar-refractivity contribution is -0.671. The molecular formula is C18H31O15P2-5. The average molecular weight is 549 g/mol. The number of rotatable bonds is 18. The predicted molar refractivity (Wildman–Crippen MR) is 114 cm³/mol. The molecule has 0 spiro atoms. The van der Waals surface area contributed by atoms with Crippen molar-refractivity contribution in [1.82, 2.24) is 0 Å². The first kappa shape index (κ1) is 42.8. The topological polar surface area (TPSA) is 321 Å². The molecule has 0 aliphatic carbocycles. The number of carbonyl (C=O) groups excluding carboxylic acids is 4. The van der Waals surface area contributed by atoms with Crippen molar-refractivity contribution >= 4 is 39.7 Å². The normalized spacial score (nSPS) is 9.26. The Morgan fingerprint density at radius 1 is 0.571 bits per heavy atom. The molecule has 0 unspecified atom stereocenters. The van der Waals surface area contributed by atoms with Gasteiger partial charge in [-0.3, -0.25) is 0 Å². The minimum Gasteiger partial charge on any atom is -0.664 e. The molecule has 0 heterocycles. The molecule has 7 N–H and O–H groups in total. The standard InChI is InChI=1S/2C9H15O6P.3H2O/c2*1-7(15-14)6-16(4-2-8(10)11)5-3-9(12)13;;;/h2*14H,1-6H2,(H,10,11)(H,12,13);3*1H2/p-5. The number of hydrogen-bond donors (Lipinski definition) is 0. The van der Waals surface area contributed by atoms with Crippen molar-refractivity contribution in [2.45, 2.75) is 25.7 Å². The van der Waals surface area contributed by atoms with Crippen molar-refractivity contribution in [3.8, 4) is 0 Å². The van der Waals surface area contributed by atoms with Gasteiger partial charge in [0.05, 0.1) is 11.5 Å². The summed E-state index contributed by atoms with van der Waals surface area (Å²) >= 11 is 0. The van der Waals surface area contributed by atoms with E-state index >= 15 is 0 Å². The SMILES string of the molecule is C=C(CP(CCC(=O)[O-])CCC(=O)[O-])O[O-].C=C(CP(CCC(=O)[O-])CCC(=O)[O-])O[O-].O.O.[OH3+]. The second-order valence-electron chi connectivity index (χ2n) is 6.28.